The lowest BCUT2D eigenvalue weighted by Crippen LogP contribution is -2.29. The van der Waals surface area contributed by atoms with Crippen molar-refractivity contribution in [3.8, 4) is 16.8 Å². The SMILES string of the molecule is Cc1ccccc1C1(c2ccccc2)c2ccccc2-c2cc3c4ccccc4n(-c4ccccc4)c3cc21. The molecule has 39 heavy (non-hydrogen) atoms. The fourth-order valence-electron chi connectivity index (χ4n) is 7.03. The van der Waals surface area contributed by atoms with E-state index in [4.69, 9.17) is 0 Å². The first kappa shape index (κ1) is 22.1. The zero-order valence-corrected chi connectivity index (χ0v) is 21.8. The van der Waals surface area contributed by atoms with Gasteiger partial charge in [-0.2, -0.15) is 0 Å². The van der Waals surface area contributed by atoms with Crippen LogP contribution in [0, 0.1) is 6.92 Å². The van der Waals surface area contributed by atoms with Gasteiger partial charge in [0.25, 0.3) is 0 Å². The molecule has 7 aromatic rings. The van der Waals surface area contributed by atoms with Crippen LogP contribution in [0.4, 0.5) is 0 Å². The van der Waals surface area contributed by atoms with Crippen molar-refractivity contribution >= 4 is 21.8 Å². The lowest BCUT2D eigenvalue weighted by Gasteiger charge is -2.35. The second-order valence-corrected chi connectivity index (χ2v) is 10.6. The smallest absolute Gasteiger partial charge is 0.0716 e. The third-order valence-corrected chi connectivity index (χ3v) is 8.61. The van der Waals surface area contributed by atoms with Crippen molar-refractivity contribution in [2.24, 2.45) is 0 Å². The number of para-hydroxylation sites is 2. The Kier molecular flexibility index (Phi) is 4.72. The second kappa shape index (κ2) is 8.31. The molecule has 184 valence electrons. The highest BCUT2D eigenvalue weighted by Crippen LogP contribution is 2.57. The number of rotatable bonds is 3. The number of benzene rings is 6. The average molecular weight is 498 g/mol. The number of hydrogen-bond donors (Lipinski definition) is 0. The molecule has 0 aliphatic heterocycles. The van der Waals surface area contributed by atoms with Gasteiger partial charge in [-0.3, -0.25) is 0 Å². The maximum absolute atomic E-state index is 2.48. The zero-order chi connectivity index (χ0) is 26.0. The van der Waals surface area contributed by atoms with Crippen LogP contribution in [0.1, 0.15) is 27.8 Å². The minimum absolute atomic E-state index is 0.412. The van der Waals surface area contributed by atoms with Crippen molar-refractivity contribution in [3.63, 3.8) is 0 Å². The highest BCUT2D eigenvalue weighted by Gasteiger charge is 2.47. The number of hydrogen-bond acceptors (Lipinski definition) is 0. The highest BCUT2D eigenvalue weighted by atomic mass is 15.0. The van der Waals surface area contributed by atoms with E-state index in [9.17, 15) is 0 Å². The van der Waals surface area contributed by atoms with Crippen LogP contribution in [0.15, 0.2) is 146 Å². The van der Waals surface area contributed by atoms with Gasteiger partial charge in [0, 0.05) is 16.5 Å². The molecule has 1 heterocycles. The lowest BCUT2D eigenvalue weighted by atomic mass is 9.66. The Balaban J connectivity index is 1.59. The second-order valence-electron chi connectivity index (χ2n) is 10.6. The van der Waals surface area contributed by atoms with E-state index in [0.717, 1.165) is 0 Å². The molecule has 1 nitrogen and oxygen atoms in total. The molecular formula is C38H27N. The summed E-state index contributed by atoms with van der Waals surface area (Å²) in [6.07, 6.45) is 0. The first-order chi connectivity index (χ1) is 19.3. The quantitative estimate of drug-likeness (QED) is 0.229. The molecule has 0 spiro atoms. The molecule has 6 aromatic carbocycles. The predicted molar refractivity (Wildman–Crippen MR) is 163 cm³/mol. The van der Waals surface area contributed by atoms with Crippen LogP contribution in [-0.4, -0.2) is 4.57 Å². The summed E-state index contributed by atoms with van der Waals surface area (Å²) in [7, 11) is 0. The fraction of sp³-hybridized carbons (Fsp3) is 0.0526. The summed E-state index contributed by atoms with van der Waals surface area (Å²) in [4.78, 5) is 0. The fourth-order valence-corrected chi connectivity index (χ4v) is 7.03. The van der Waals surface area contributed by atoms with Crippen molar-refractivity contribution in [1.29, 1.82) is 0 Å². The normalized spacial score (nSPS) is 15.9. The predicted octanol–water partition coefficient (Wildman–Crippen LogP) is 9.46. The number of fused-ring (bicyclic) bond motifs is 6. The van der Waals surface area contributed by atoms with E-state index in [-0.39, 0.29) is 0 Å². The lowest BCUT2D eigenvalue weighted by molar-refractivity contribution is 0.761. The first-order valence-corrected chi connectivity index (χ1v) is 13.6. The molecule has 8 rings (SSSR count). The van der Waals surface area contributed by atoms with Gasteiger partial charge in [0.05, 0.1) is 16.4 Å². The van der Waals surface area contributed by atoms with Gasteiger partial charge < -0.3 is 4.57 Å². The van der Waals surface area contributed by atoms with E-state index in [1.807, 2.05) is 0 Å². The molecule has 0 bridgehead atoms. The van der Waals surface area contributed by atoms with Gasteiger partial charge in [-0.1, -0.05) is 115 Å². The molecular weight excluding hydrogens is 470 g/mol. The molecule has 1 aliphatic rings. The van der Waals surface area contributed by atoms with Gasteiger partial charge in [-0.25, -0.2) is 0 Å². The van der Waals surface area contributed by atoms with Crippen LogP contribution in [0.2, 0.25) is 0 Å². The van der Waals surface area contributed by atoms with Crippen molar-refractivity contribution in [1.82, 2.24) is 4.57 Å². The van der Waals surface area contributed by atoms with Gasteiger partial charge in [0.2, 0.25) is 0 Å². The summed E-state index contributed by atoms with van der Waals surface area (Å²) >= 11 is 0. The van der Waals surface area contributed by atoms with Crippen LogP contribution < -0.4 is 0 Å². The molecule has 0 saturated heterocycles. The Hall–Kier alpha value is -4.88. The summed E-state index contributed by atoms with van der Waals surface area (Å²) in [5.74, 6) is 0. The van der Waals surface area contributed by atoms with Crippen molar-refractivity contribution in [2.75, 3.05) is 0 Å². The molecule has 0 N–H and O–H groups in total. The third kappa shape index (κ3) is 2.96. The number of aryl methyl sites for hydroxylation is 1. The highest BCUT2D eigenvalue weighted by molar-refractivity contribution is 6.12. The van der Waals surface area contributed by atoms with Gasteiger partial charge >= 0.3 is 0 Å². The topological polar surface area (TPSA) is 4.93 Å². The molecule has 1 aliphatic carbocycles. The minimum atomic E-state index is -0.412. The summed E-state index contributed by atoms with van der Waals surface area (Å²) in [6, 6.07) is 53.5. The van der Waals surface area contributed by atoms with Crippen molar-refractivity contribution < 1.29 is 0 Å². The first-order valence-electron chi connectivity index (χ1n) is 13.6. The van der Waals surface area contributed by atoms with E-state index in [1.54, 1.807) is 0 Å². The molecule has 0 amide bonds. The summed E-state index contributed by atoms with van der Waals surface area (Å²) < 4.78 is 2.43. The molecule has 1 aromatic heterocycles. The Morgan fingerprint density at radius 3 is 1.90 bits per heavy atom. The van der Waals surface area contributed by atoms with E-state index >= 15 is 0 Å². The van der Waals surface area contributed by atoms with Crippen LogP contribution in [0.5, 0.6) is 0 Å². The van der Waals surface area contributed by atoms with Crippen molar-refractivity contribution in [2.45, 2.75) is 12.3 Å². The van der Waals surface area contributed by atoms with Crippen LogP contribution in [-0.2, 0) is 5.41 Å². The Morgan fingerprint density at radius 1 is 0.462 bits per heavy atom. The van der Waals surface area contributed by atoms with Gasteiger partial charge in [0.15, 0.2) is 0 Å². The van der Waals surface area contributed by atoms with Crippen molar-refractivity contribution in [3.05, 3.63) is 173 Å². The van der Waals surface area contributed by atoms with Crippen LogP contribution >= 0.6 is 0 Å². The molecule has 0 fully saturated rings. The Morgan fingerprint density at radius 2 is 1.10 bits per heavy atom. The number of aromatic nitrogens is 1. The van der Waals surface area contributed by atoms with E-state index < -0.39 is 5.41 Å². The minimum Gasteiger partial charge on any atom is -0.309 e. The number of nitrogens with zero attached hydrogens (tertiary/aromatic N) is 1. The summed E-state index contributed by atoms with van der Waals surface area (Å²) in [6.45, 7) is 2.25. The standard InChI is InChI=1S/C38H27N/c1-26-14-8-11-21-33(26)38(27-15-4-2-5-16-27)34-22-12-9-19-29(34)31-24-32-30-20-10-13-23-36(30)39(37(32)25-35(31)38)28-17-6-3-7-18-28/h2-25H,1H3. The molecule has 0 radical (unpaired) electrons. The Bertz CT molecular complexity index is 2010. The van der Waals surface area contributed by atoms with Gasteiger partial charge in [-0.05, 0) is 76.2 Å². The van der Waals surface area contributed by atoms with E-state index in [1.165, 1.54) is 66.4 Å². The van der Waals surface area contributed by atoms with E-state index in [0.29, 0.717) is 0 Å². The van der Waals surface area contributed by atoms with Gasteiger partial charge in [-0.15, -0.1) is 0 Å². The van der Waals surface area contributed by atoms with Gasteiger partial charge in [0.1, 0.15) is 0 Å². The monoisotopic (exact) mass is 497 g/mol. The van der Waals surface area contributed by atoms with E-state index in [2.05, 4.69) is 157 Å². The zero-order valence-electron chi connectivity index (χ0n) is 21.8. The maximum Gasteiger partial charge on any atom is 0.0716 e. The average Bonchev–Trinajstić information content (AvgIpc) is 3.47. The van der Waals surface area contributed by atoms with Crippen LogP contribution in [0.3, 0.4) is 0 Å². The van der Waals surface area contributed by atoms with Crippen LogP contribution in [0.25, 0.3) is 38.6 Å². The molecule has 1 unspecified atom stereocenters. The summed E-state index contributed by atoms with van der Waals surface area (Å²) in [5.41, 5.74) is 12.5. The Labute approximate surface area is 228 Å². The molecule has 1 heteroatoms. The third-order valence-electron chi connectivity index (χ3n) is 8.61. The molecule has 0 saturated carbocycles. The maximum atomic E-state index is 2.48. The largest absolute Gasteiger partial charge is 0.309 e. The molecule has 1 atom stereocenters. The summed E-state index contributed by atoms with van der Waals surface area (Å²) in [5, 5.41) is 2.57.